The van der Waals surface area contributed by atoms with Gasteiger partial charge in [0.25, 0.3) is 0 Å². The predicted molar refractivity (Wildman–Crippen MR) is 130 cm³/mol. The van der Waals surface area contributed by atoms with Gasteiger partial charge in [-0.05, 0) is 50.5 Å². The second-order valence-corrected chi connectivity index (χ2v) is 11.4. The zero-order valence-corrected chi connectivity index (χ0v) is 21.3. The number of sulfonamides is 1. The van der Waals surface area contributed by atoms with Gasteiger partial charge in [-0.2, -0.15) is 9.29 Å². The first kappa shape index (κ1) is 24.4. The van der Waals surface area contributed by atoms with Crippen LogP contribution in [0, 0.1) is 19.8 Å². The van der Waals surface area contributed by atoms with Crippen LogP contribution in [0.2, 0.25) is 0 Å². The average Bonchev–Trinajstić information content (AvgIpc) is 3.46. The van der Waals surface area contributed by atoms with Crippen LogP contribution in [-0.4, -0.2) is 49.0 Å². The molecule has 9 nitrogen and oxygen atoms in total. The van der Waals surface area contributed by atoms with Crippen molar-refractivity contribution in [3.63, 3.8) is 0 Å². The lowest BCUT2D eigenvalue weighted by Gasteiger charge is -2.30. The molecule has 1 aliphatic heterocycles. The summed E-state index contributed by atoms with van der Waals surface area (Å²) in [5.74, 6) is 1.10. The molecule has 0 unspecified atom stereocenters. The van der Waals surface area contributed by atoms with E-state index in [0.717, 1.165) is 5.56 Å². The van der Waals surface area contributed by atoms with Crippen LogP contribution in [0.5, 0.6) is 5.75 Å². The Kier molecular flexibility index (Phi) is 7.06. The summed E-state index contributed by atoms with van der Waals surface area (Å²) in [6.07, 6.45) is 1.50. The summed E-state index contributed by atoms with van der Waals surface area (Å²) < 4.78 is 38.7. The first-order valence-electron chi connectivity index (χ1n) is 11.1. The van der Waals surface area contributed by atoms with Gasteiger partial charge < -0.3 is 14.6 Å². The van der Waals surface area contributed by atoms with Gasteiger partial charge in [-0.25, -0.2) is 8.42 Å². The van der Waals surface area contributed by atoms with Crippen LogP contribution >= 0.6 is 11.3 Å². The predicted octanol–water partition coefficient (Wildman–Crippen LogP) is 4.03. The van der Waals surface area contributed by atoms with Gasteiger partial charge in [-0.15, -0.1) is 11.3 Å². The van der Waals surface area contributed by atoms with Crippen molar-refractivity contribution in [3.8, 4) is 16.5 Å². The SMILES string of the molecule is CCc1nc(-c2cc(S(=O)(=O)N3CCC(C(=O)Nc4cc(C)ccc4OC)CC3)c(C)s2)no1. The molecule has 0 radical (unpaired) electrons. The van der Waals surface area contributed by atoms with Crippen LogP contribution in [0.1, 0.15) is 36.1 Å². The number of amides is 1. The number of nitrogens with zero attached hydrogens (tertiary/aromatic N) is 3. The normalized spacial score (nSPS) is 15.4. The smallest absolute Gasteiger partial charge is 0.244 e. The minimum atomic E-state index is -3.70. The van der Waals surface area contributed by atoms with Crippen molar-refractivity contribution in [2.24, 2.45) is 5.92 Å². The number of anilines is 1. The van der Waals surface area contributed by atoms with Gasteiger partial charge in [0.15, 0.2) is 0 Å². The van der Waals surface area contributed by atoms with Crippen molar-refractivity contribution in [3.05, 3.63) is 40.6 Å². The van der Waals surface area contributed by atoms with Crippen LogP contribution in [0.15, 0.2) is 33.7 Å². The molecule has 3 heterocycles. The van der Waals surface area contributed by atoms with Gasteiger partial charge in [0.2, 0.25) is 27.6 Å². The van der Waals surface area contributed by atoms with Crippen molar-refractivity contribution in [1.29, 1.82) is 0 Å². The molecule has 1 aromatic carbocycles. The number of rotatable bonds is 7. The van der Waals surface area contributed by atoms with E-state index in [9.17, 15) is 13.2 Å². The molecule has 1 fully saturated rings. The molecule has 4 rings (SSSR count). The third kappa shape index (κ3) is 4.86. The number of benzene rings is 1. The first-order chi connectivity index (χ1) is 16.2. The number of piperidine rings is 1. The monoisotopic (exact) mass is 504 g/mol. The third-order valence-corrected chi connectivity index (χ3v) is 9.12. The Morgan fingerprint density at radius 1 is 1.26 bits per heavy atom. The highest BCUT2D eigenvalue weighted by atomic mass is 32.2. The number of carbonyl (C=O) groups excluding carboxylic acids is 1. The van der Waals surface area contributed by atoms with Crippen LogP contribution in [-0.2, 0) is 21.2 Å². The Morgan fingerprint density at radius 3 is 2.65 bits per heavy atom. The van der Waals surface area contributed by atoms with E-state index >= 15 is 0 Å². The van der Waals surface area contributed by atoms with Gasteiger partial charge in [0.1, 0.15) is 5.75 Å². The number of nitrogens with one attached hydrogen (secondary N) is 1. The lowest BCUT2D eigenvalue weighted by molar-refractivity contribution is -0.120. The topological polar surface area (TPSA) is 115 Å². The summed E-state index contributed by atoms with van der Waals surface area (Å²) >= 11 is 1.33. The zero-order chi connectivity index (χ0) is 24.5. The molecular weight excluding hydrogens is 476 g/mol. The fraction of sp³-hybridized carbons (Fsp3) is 0.435. The first-order valence-corrected chi connectivity index (χ1v) is 13.4. The number of carbonyl (C=O) groups is 1. The largest absolute Gasteiger partial charge is 0.495 e. The molecule has 0 spiro atoms. The highest BCUT2D eigenvalue weighted by Gasteiger charge is 2.34. The quantitative estimate of drug-likeness (QED) is 0.517. The summed E-state index contributed by atoms with van der Waals surface area (Å²) in [7, 11) is -2.14. The molecule has 11 heteroatoms. The van der Waals surface area contributed by atoms with Crippen LogP contribution in [0.4, 0.5) is 5.69 Å². The van der Waals surface area contributed by atoms with Crippen molar-refractivity contribution in [2.45, 2.75) is 44.9 Å². The van der Waals surface area contributed by atoms with Gasteiger partial charge >= 0.3 is 0 Å². The van der Waals surface area contributed by atoms with Crippen molar-refractivity contribution >= 4 is 33.0 Å². The van der Waals surface area contributed by atoms with Crippen LogP contribution in [0.25, 0.3) is 10.7 Å². The van der Waals surface area contributed by atoms with E-state index < -0.39 is 10.0 Å². The lowest BCUT2D eigenvalue weighted by Crippen LogP contribution is -2.41. The number of aryl methyl sites for hydroxylation is 3. The molecule has 1 saturated heterocycles. The van der Waals surface area contributed by atoms with E-state index in [1.54, 1.807) is 20.1 Å². The molecule has 34 heavy (non-hydrogen) atoms. The standard InChI is InChI=1S/C23H28N4O5S2/c1-5-21-25-22(26-32-21)19-13-20(15(3)33-19)34(29,30)27-10-8-16(9-11-27)23(28)24-17-12-14(2)6-7-18(17)31-4/h6-7,12-13,16H,5,8-11H2,1-4H3,(H,24,28). The average molecular weight is 505 g/mol. The molecule has 0 aliphatic carbocycles. The Morgan fingerprint density at radius 2 is 2.00 bits per heavy atom. The summed E-state index contributed by atoms with van der Waals surface area (Å²) in [6, 6.07) is 7.20. The van der Waals surface area contributed by atoms with Gasteiger partial charge in [0.05, 0.1) is 22.6 Å². The molecule has 2 aromatic heterocycles. The molecule has 1 amide bonds. The van der Waals surface area contributed by atoms with Crippen molar-refractivity contribution in [1.82, 2.24) is 14.4 Å². The van der Waals surface area contributed by atoms with Crippen LogP contribution in [0.3, 0.4) is 0 Å². The lowest BCUT2D eigenvalue weighted by atomic mass is 9.97. The summed E-state index contributed by atoms with van der Waals surface area (Å²) in [6.45, 7) is 6.18. The minimum absolute atomic E-state index is 0.126. The Labute approximate surface area is 203 Å². The maximum Gasteiger partial charge on any atom is 0.244 e. The number of aromatic nitrogens is 2. The number of hydrogen-bond acceptors (Lipinski definition) is 8. The van der Waals surface area contributed by atoms with Gasteiger partial charge in [0, 0.05) is 30.3 Å². The molecule has 0 bridgehead atoms. The second kappa shape index (κ2) is 9.85. The van der Waals surface area contributed by atoms with Crippen molar-refractivity contribution in [2.75, 3.05) is 25.5 Å². The molecule has 3 aromatic rings. The number of ether oxygens (including phenoxy) is 1. The highest BCUT2D eigenvalue weighted by molar-refractivity contribution is 7.89. The molecular formula is C23H28N4O5S2. The zero-order valence-electron chi connectivity index (χ0n) is 19.6. The third-order valence-electron chi connectivity index (χ3n) is 5.92. The van der Waals surface area contributed by atoms with Crippen molar-refractivity contribution < 1.29 is 22.5 Å². The fourth-order valence-electron chi connectivity index (χ4n) is 3.98. The molecule has 182 valence electrons. The molecule has 1 N–H and O–H groups in total. The summed E-state index contributed by atoms with van der Waals surface area (Å²) in [4.78, 5) is 18.7. The van der Waals surface area contributed by atoms with E-state index in [4.69, 9.17) is 9.26 Å². The van der Waals surface area contributed by atoms with E-state index in [1.807, 2.05) is 32.0 Å². The highest BCUT2D eigenvalue weighted by Crippen LogP contribution is 2.35. The van der Waals surface area contributed by atoms with Crippen LogP contribution < -0.4 is 10.1 Å². The fourth-order valence-corrected chi connectivity index (χ4v) is 6.94. The molecule has 0 atom stereocenters. The Bertz CT molecular complexity index is 1290. The maximum atomic E-state index is 13.4. The minimum Gasteiger partial charge on any atom is -0.495 e. The van der Waals surface area contributed by atoms with E-state index in [-0.39, 0.29) is 29.8 Å². The molecule has 0 saturated carbocycles. The van der Waals surface area contributed by atoms with E-state index in [2.05, 4.69) is 15.5 Å². The van der Waals surface area contributed by atoms with E-state index in [0.29, 0.717) is 52.2 Å². The maximum absolute atomic E-state index is 13.4. The Hall–Kier alpha value is -2.76. The van der Waals surface area contributed by atoms with E-state index in [1.165, 1.54) is 15.6 Å². The Balaban J connectivity index is 1.44. The van der Waals surface area contributed by atoms with Gasteiger partial charge in [-0.1, -0.05) is 18.1 Å². The van der Waals surface area contributed by atoms with Gasteiger partial charge in [-0.3, -0.25) is 4.79 Å². The summed E-state index contributed by atoms with van der Waals surface area (Å²) in [5, 5.41) is 6.89. The summed E-state index contributed by atoms with van der Waals surface area (Å²) in [5.41, 5.74) is 1.63. The number of hydrogen-bond donors (Lipinski definition) is 1. The second-order valence-electron chi connectivity index (χ2n) is 8.27. The number of methoxy groups -OCH3 is 1. The number of thiophene rings is 1. The molecule has 1 aliphatic rings.